The highest BCUT2D eigenvalue weighted by atomic mass is 79.9. The van der Waals surface area contributed by atoms with Crippen LogP contribution in [0.1, 0.15) is 23.2 Å². The maximum Gasteiger partial charge on any atom is 0.341 e. The molecule has 0 amide bonds. The largest absolute Gasteiger partial charge is 0.493 e. The fraction of sp³-hybridized carbons (Fsp3) is 0.263. The number of nitrogen functional groups attached to an aromatic ring is 1. The lowest BCUT2D eigenvalue weighted by molar-refractivity contribution is 0.0596. The summed E-state index contributed by atoms with van der Waals surface area (Å²) in [6.07, 6.45) is 3.30. The SMILES string of the molecule is COC(=O)c1ccc(Br)cc1OCCCCn1cnnc1-c1cccc(N)n1. The molecule has 0 fully saturated rings. The number of unbranched alkanes of at least 4 members (excludes halogenated alkanes) is 1. The Labute approximate surface area is 170 Å². The number of nitrogens with zero attached hydrogens (tertiary/aromatic N) is 4. The van der Waals surface area contributed by atoms with Crippen molar-refractivity contribution in [1.29, 1.82) is 0 Å². The Morgan fingerprint density at radius 2 is 2.11 bits per heavy atom. The summed E-state index contributed by atoms with van der Waals surface area (Å²) in [5.74, 6) is 1.19. The van der Waals surface area contributed by atoms with E-state index in [2.05, 4.69) is 31.1 Å². The average molecular weight is 446 g/mol. The third kappa shape index (κ3) is 4.86. The Morgan fingerprint density at radius 3 is 2.89 bits per heavy atom. The van der Waals surface area contributed by atoms with Gasteiger partial charge in [-0.05, 0) is 43.2 Å². The van der Waals surface area contributed by atoms with Crippen LogP contribution >= 0.6 is 15.9 Å². The van der Waals surface area contributed by atoms with Gasteiger partial charge in [-0.15, -0.1) is 10.2 Å². The number of carbonyl (C=O) groups excluding carboxylic acids is 1. The number of nitrogens with two attached hydrogens (primary N) is 1. The normalized spacial score (nSPS) is 10.6. The topological polar surface area (TPSA) is 105 Å². The monoisotopic (exact) mass is 445 g/mol. The predicted molar refractivity (Wildman–Crippen MR) is 108 cm³/mol. The maximum atomic E-state index is 11.8. The number of anilines is 1. The second-order valence-corrected chi connectivity index (χ2v) is 6.90. The maximum absolute atomic E-state index is 11.8. The number of hydrogen-bond acceptors (Lipinski definition) is 7. The molecular weight excluding hydrogens is 426 g/mol. The fourth-order valence-corrected chi connectivity index (χ4v) is 2.99. The summed E-state index contributed by atoms with van der Waals surface area (Å²) in [7, 11) is 1.35. The molecule has 0 bridgehead atoms. The molecule has 0 aliphatic rings. The molecule has 9 heteroatoms. The van der Waals surface area contributed by atoms with Gasteiger partial charge in [-0.25, -0.2) is 9.78 Å². The van der Waals surface area contributed by atoms with Gasteiger partial charge < -0.3 is 19.8 Å². The molecular formula is C19H20BrN5O3. The van der Waals surface area contributed by atoms with Crippen molar-refractivity contribution < 1.29 is 14.3 Å². The van der Waals surface area contributed by atoms with Gasteiger partial charge in [-0.3, -0.25) is 0 Å². The minimum absolute atomic E-state index is 0.402. The smallest absolute Gasteiger partial charge is 0.341 e. The highest BCUT2D eigenvalue weighted by Gasteiger charge is 2.13. The number of methoxy groups -OCH3 is 1. The van der Waals surface area contributed by atoms with Crippen molar-refractivity contribution in [2.75, 3.05) is 19.5 Å². The van der Waals surface area contributed by atoms with Gasteiger partial charge in [-0.1, -0.05) is 22.0 Å². The van der Waals surface area contributed by atoms with Crippen LogP contribution in [0.2, 0.25) is 0 Å². The summed E-state index contributed by atoms with van der Waals surface area (Å²) in [5, 5.41) is 8.10. The van der Waals surface area contributed by atoms with Crippen LogP contribution in [-0.4, -0.2) is 39.4 Å². The number of esters is 1. The number of halogens is 1. The summed E-state index contributed by atoms with van der Waals surface area (Å²) >= 11 is 3.39. The first kappa shape index (κ1) is 19.8. The zero-order chi connectivity index (χ0) is 19.9. The number of ether oxygens (including phenoxy) is 2. The minimum Gasteiger partial charge on any atom is -0.493 e. The minimum atomic E-state index is -0.425. The van der Waals surface area contributed by atoms with Crippen LogP contribution < -0.4 is 10.5 Å². The van der Waals surface area contributed by atoms with Gasteiger partial charge >= 0.3 is 5.97 Å². The first-order chi connectivity index (χ1) is 13.6. The third-order valence-corrected chi connectivity index (χ3v) is 4.51. The molecule has 0 saturated heterocycles. The molecule has 0 spiro atoms. The summed E-state index contributed by atoms with van der Waals surface area (Å²) in [5.41, 5.74) is 6.83. The second-order valence-electron chi connectivity index (χ2n) is 5.98. The zero-order valence-electron chi connectivity index (χ0n) is 15.3. The van der Waals surface area contributed by atoms with Crippen LogP contribution in [0.15, 0.2) is 47.2 Å². The lowest BCUT2D eigenvalue weighted by atomic mass is 10.2. The number of pyridine rings is 1. The Morgan fingerprint density at radius 1 is 1.25 bits per heavy atom. The van der Waals surface area contributed by atoms with Crippen LogP contribution in [0.25, 0.3) is 11.5 Å². The Balaban J connectivity index is 1.55. The van der Waals surface area contributed by atoms with E-state index < -0.39 is 5.97 Å². The van der Waals surface area contributed by atoms with Crippen LogP contribution in [0, 0.1) is 0 Å². The molecule has 0 aliphatic carbocycles. The second kappa shape index (κ2) is 9.32. The van der Waals surface area contributed by atoms with Gasteiger partial charge in [0.25, 0.3) is 0 Å². The van der Waals surface area contributed by atoms with Gasteiger partial charge in [-0.2, -0.15) is 0 Å². The summed E-state index contributed by atoms with van der Waals surface area (Å²) in [6.45, 7) is 1.18. The quantitative estimate of drug-likeness (QED) is 0.418. The van der Waals surface area contributed by atoms with Crippen LogP contribution in [0.3, 0.4) is 0 Å². The summed E-state index contributed by atoms with van der Waals surface area (Å²) in [4.78, 5) is 16.1. The van der Waals surface area contributed by atoms with Gasteiger partial charge in [0.1, 0.15) is 29.2 Å². The summed E-state index contributed by atoms with van der Waals surface area (Å²) < 4.78 is 13.3. The van der Waals surface area contributed by atoms with Gasteiger partial charge in [0.2, 0.25) is 0 Å². The molecule has 0 atom stereocenters. The van der Waals surface area contributed by atoms with Crippen molar-refractivity contribution in [3.05, 3.63) is 52.8 Å². The lowest BCUT2D eigenvalue weighted by Crippen LogP contribution is -2.08. The molecule has 3 rings (SSSR count). The lowest BCUT2D eigenvalue weighted by Gasteiger charge is -2.11. The van der Waals surface area contributed by atoms with Gasteiger partial charge in [0.05, 0.1) is 13.7 Å². The molecule has 0 aliphatic heterocycles. The van der Waals surface area contributed by atoms with E-state index in [0.29, 0.717) is 41.8 Å². The number of carbonyl (C=O) groups is 1. The number of aromatic nitrogens is 4. The number of benzene rings is 1. The zero-order valence-corrected chi connectivity index (χ0v) is 16.9. The molecule has 28 heavy (non-hydrogen) atoms. The molecule has 2 heterocycles. The predicted octanol–water partition coefficient (Wildman–Crippen LogP) is 3.33. The van der Waals surface area contributed by atoms with Crippen molar-refractivity contribution in [1.82, 2.24) is 19.7 Å². The van der Waals surface area contributed by atoms with E-state index in [1.54, 1.807) is 30.6 Å². The first-order valence-corrected chi connectivity index (χ1v) is 9.49. The fourth-order valence-electron chi connectivity index (χ4n) is 2.65. The van der Waals surface area contributed by atoms with E-state index in [9.17, 15) is 4.79 Å². The molecule has 2 aromatic heterocycles. The van der Waals surface area contributed by atoms with Crippen molar-refractivity contribution in [3.63, 3.8) is 0 Å². The number of rotatable bonds is 8. The van der Waals surface area contributed by atoms with E-state index in [-0.39, 0.29) is 0 Å². The van der Waals surface area contributed by atoms with E-state index in [1.165, 1.54) is 7.11 Å². The van der Waals surface area contributed by atoms with E-state index >= 15 is 0 Å². The molecule has 146 valence electrons. The summed E-state index contributed by atoms with van der Waals surface area (Å²) in [6, 6.07) is 10.6. The van der Waals surface area contributed by atoms with Gasteiger partial charge in [0, 0.05) is 11.0 Å². The highest BCUT2D eigenvalue weighted by Crippen LogP contribution is 2.25. The Hall–Kier alpha value is -2.94. The van der Waals surface area contributed by atoms with E-state index in [1.807, 2.05) is 16.7 Å². The Kier molecular flexibility index (Phi) is 6.59. The van der Waals surface area contributed by atoms with Crippen molar-refractivity contribution >= 4 is 27.7 Å². The molecule has 0 radical (unpaired) electrons. The average Bonchev–Trinajstić information content (AvgIpc) is 3.16. The van der Waals surface area contributed by atoms with Crippen LogP contribution in [0.5, 0.6) is 5.75 Å². The molecule has 0 saturated carbocycles. The molecule has 1 aromatic carbocycles. The number of aryl methyl sites for hydroxylation is 1. The molecule has 0 unspecified atom stereocenters. The van der Waals surface area contributed by atoms with Crippen molar-refractivity contribution in [2.24, 2.45) is 0 Å². The van der Waals surface area contributed by atoms with Crippen LogP contribution in [-0.2, 0) is 11.3 Å². The molecule has 3 aromatic rings. The highest BCUT2D eigenvalue weighted by molar-refractivity contribution is 9.10. The van der Waals surface area contributed by atoms with Crippen molar-refractivity contribution in [3.8, 4) is 17.3 Å². The van der Waals surface area contributed by atoms with Crippen LogP contribution in [0.4, 0.5) is 5.82 Å². The first-order valence-electron chi connectivity index (χ1n) is 8.70. The molecule has 2 N–H and O–H groups in total. The van der Waals surface area contributed by atoms with Crippen molar-refractivity contribution in [2.45, 2.75) is 19.4 Å². The standard InChI is InChI=1S/C19H20BrN5O3/c1-27-19(26)14-8-7-13(20)11-16(14)28-10-3-2-9-25-12-22-24-18(25)15-5-4-6-17(21)23-15/h4-8,11-12H,2-3,9-10H2,1H3,(H2,21,23). The number of hydrogen-bond donors (Lipinski definition) is 1. The molecule has 8 nitrogen and oxygen atoms in total. The Bertz CT molecular complexity index is 960. The van der Waals surface area contributed by atoms with E-state index in [4.69, 9.17) is 15.2 Å². The van der Waals surface area contributed by atoms with Gasteiger partial charge in [0.15, 0.2) is 5.82 Å². The third-order valence-electron chi connectivity index (χ3n) is 4.02. The van der Waals surface area contributed by atoms with E-state index in [0.717, 1.165) is 17.3 Å².